The number of imide groups is 1. The van der Waals surface area contributed by atoms with E-state index in [4.69, 9.17) is 0 Å². The van der Waals surface area contributed by atoms with Gasteiger partial charge in [0.2, 0.25) is 5.91 Å². The monoisotopic (exact) mass is 365 g/mol. The maximum absolute atomic E-state index is 12.7. The van der Waals surface area contributed by atoms with Crippen LogP contribution in [-0.2, 0) is 26.0 Å². The van der Waals surface area contributed by atoms with Crippen LogP contribution in [0, 0.1) is 0 Å². The van der Waals surface area contributed by atoms with E-state index in [1.54, 1.807) is 0 Å². The minimum Gasteiger partial charge on any atom is -0.333 e. The van der Waals surface area contributed by atoms with E-state index in [-0.39, 0.29) is 31.1 Å². The summed E-state index contributed by atoms with van der Waals surface area (Å²) in [4.78, 5) is 38.4. The first-order chi connectivity index (χ1) is 11.9. The topological polar surface area (TPSA) is 104 Å². The molecule has 1 N–H and O–H groups in total. The van der Waals surface area contributed by atoms with Gasteiger partial charge < -0.3 is 10.2 Å². The molecule has 0 aliphatic carbocycles. The maximum atomic E-state index is 12.7. The first kappa shape index (κ1) is 17.4. The summed E-state index contributed by atoms with van der Waals surface area (Å²) >= 11 is 0. The lowest BCUT2D eigenvalue weighted by atomic mass is 10.1. The highest BCUT2D eigenvalue weighted by atomic mass is 32.2. The minimum atomic E-state index is -3.17. The van der Waals surface area contributed by atoms with Gasteiger partial charge in [0.05, 0.1) is 18.1 Å². The zero-order chi connectivity index (χ0) is 18.0. The highest BCUT2D eigenvalue weighted by molar-refractivity contribution is 7.91. The summed E-state index contributed by atoms with van der Waals surface area (Å²) in [5, 5.41) is 2.37. The Morgan fingerprint density at radius 3 is 2.52 bits per heavy atom. The van der Waals surface area contributed by atoms with Gasteiger partial charge in [0.25, 0.3) is 5.91 Å². The van der Waals surface area contributed by atoms with E-state index in [0.717, 1.165) is 10.5 Å². The fraction of sp³-hybridized carbons (Fsp3) is 0.438. The number of carbonyl (C=O) groups excluding carboxylic acids is 3. The number of urea groups is 1. The Bertz CT molecular complexity index is 777. The van der Waals surface area contributed by atoms with E-state index in [1.165, 1.54) is 4.90 Å². The molecule has 1 unspecified atom stereocenters. The van der Waals surface area contributed by atoms with Crippen LogP contribution in [0.15, 0.2) is 30.3 Å². The van der Waals surface area contributed by atoms with Crippen LogP contribution in [-0.4, -0.2) is 66.7 Å². The number of carbonyl (C=O) groups is 3. The van der Waals surface area contributed by atoms with Gasteiger partial charge >= 0.3 is 6.03 Å². The summed E-state index contributed by atoms with van der Waals surface area (Å²) in [6.07, 6.45) is 0.362. The molecule has 2 aliphatic rings. The van der Waals surface area contributed by atoms with Gasteiger partial charge in [0, 0.05) is 12.6 Å². The van der Waals surface area contributed by atoms with Gasteiger partial charge in [0.15, 0.2) is 9.84 Å². The minimum absolute atomic E-state index is 0.0410. The summed E-state index contributed by atoms with van der Waals surface area (Å²) in [7, 11) is -3.17. The van der Waals surface area contributed by atoms with Crippen molar-refractivity contribution < 1.29 is 22.8 Å². The van der Waals surface area contributed by atoms with Crippen LogP contribution in [0.2, 0.25) is 0 Å². The van der Waals surface area contributed by atoms with Crippen molar-refractivity contribution in [2.75, 3.05) is 24.6 Å². The molecule has 1 aromatic carbocycles. The number of amides is 4. The number of hydrogen-bond donors (Lipinski definition) is 1. The van der Waals surface area contributed by atoms with Crippen LogP contribution in [0.5, 0.6) is 0 Å². The third-order valence-corrected chi connectivity index (χ3v) is 6.15. The highest BCUT2D eigenvalue weighted by Crippen LogP contribution is 2.21. The lowest BCUT2D eigenvalue weighted by Gasteiger charge is -2.29. The second-order valence-electron chi connectivity index (χ2n) is 6.20. The predicted molar refractivity (Wildman–Crippen MR) is 89.2 cm³/mol. The number of benzene rings is 1. The van der Waals surface area contributed by atoms with Crippen LogP contribution in [0.3, 0.4) is 0 Å². The molecule has 0 aromatic heterocycles. The molecule has 0 radical (unpaired) electrons. The van der Waals surface area contributed by atoms with Crippen molar-refractivity contribution in [3.8, 4) is 0 Å². The molecule has 134 valence electrons. The molecule has 4 amide bonds. The van der Waals surface area contributed by atoms with Crippen molar-refractivity contribution >= 4 is 27.7 Å². The van der Waals surface area contributed by atoms with Crippen molar-refractivity contribution in [3.63, 3.8) is 0 Å². The second kappa shape index (κ2) is 6.83. The Labute approximate surface area is 145 Å². The molecule has 25 heavy (non-hydrogen) atoms. The summed E-state index contributed by atoms with van der Waals surface area (Å²) in [5.74, 6) is -0.946. The number of hydrogen-bond acceptors (Lipinski definition) is 5. The molecule has 2 heterocycles. The average molecular weight is 365 g/mol. The van der Waals surface area contributed by atoms with Crippen LogP contribution in [0.4, 0.5) is 4.79 Å². The van der Waals surface area contributed by atoms with Gasteiger partial charge in [-0.3, -0.25) is 14.5 Å². The van der Waals surface area contributed by atoms with Gasteiger partial charge in [-0.05, 0) is 12.0 Å². The fourth-order valence-electron chi connectivity index (χ4n) is 3.06. The lowest BCUT2D eigenvalue weighted by Crippen LogP contribution is -2.47. The second-order valence-corrected chi connectivity index (χ2v) is 8.43. The first-order valence-corrected chi connectivity index (χ1v) is 9.80. The zero-order valence-electron chi connectivity index (χ0n) is 13.6. The Kier molecular flexibility index (Phi) is 4.76. The Morgan fingerprint density at radius 1 is 1.24 bits per heavy atom. The highest BCUT2D eigenvalue weighted by Gasteiger charge is 2.37. The summed E-state index contributed by atoms with van der Waals surface area (Å²) in [5.41, 5.74) is 0.859. The molecule has 1 aromatic rings. The standard InChI is InChI=1S/C16H19N3O5S/c20-14-8-17-16(22)19(14)10-15(21)18(9-12-4-2-1-3-5-12)13-6-7-25(23,24)11-13/h1-5,13H,6-11H2,(H,17,22). The Balaban J connectivity index is 1.79. The molecule has 2 saturated heterocycles. The van der Waals surface area contributed by atoms with Crippen molar-refractivity contribution in [1.29, 1.82) is 0 Å². The van der Waals surface area contributed by atoms with Crippen molar-refractivity contribution in [2.24, 2.45) is 0 Å². The lowest BCUT2D eigenvalue weighted by molar-refractivity contribution is -0.138. The molecule has 2 fully saturated rings. The molecule has 3 rings (SSSR count). The van der Waals surface area contributed by atoms with Gasteiger partial charge in [-0.25, -0.2) is 13.2 Å². The van der Waals surface area contributed by atoms with Crippen molar-refractivity contribution in [1.82, 2.24) is 15.1 Å². The maximum Gasteiger partial charge on any atom is 0.325 e. The smallest absolute Gasteiger partial charge is 0.325 e. The van der Waals surface area contributed by atoms with E-state index in [9.17, 15) is 22.8 Å². The quantitative estimate of drug-likeness (QED) is 0.725. The van der Waals surface area contributed by atoms with Gasteiger partial charge in [-0.1, -0.05) is 30.3 Å². The third-order valence-electron chi connectivity index (χ3n) is 4.40. The van der Waals surface area contributed by atoms with E-state index >= 15 is 0 Å². The normalized spacial score (nSPS) is 22.1. The van der Waals surface area contributed by atoms with Crippen LogP contribution in [0.1, 0.15) is 12.0 Å². The molecule has 8 nitrogen and oxygen atoms in total. The summed E-state index contributed by atoms with van der Waals surface area (Å²) in [6.45, 7) is -0.264. The first-order valence-electron chi connectivity index (χ1n) is 7.98. The van der Waals surface area contributed by atoms with Crippen LogP contribution < -0.4 is 5.32 Å². The number of sulfone groups is 1. The number of nitrogens with zero attached hydrogens (tertiary/aromatic N) is 2. The van der Waals surface area contributed by atoms with E-state index in [0.29, 0.717) is 6.42 Å². The number of nitrogens with one attached hydrogen (secondary N) is 1. The summed E-state index contributed by atoms with van der Waals surface area (Å²) < 4.78 is 23.6. The third kappa shape index (κ3) is 3.98. The van der Waals surface area contributed by atoms with Crippen LogP contribution >= 0.6 is 0 Å². The molecule has 0 saturated carbocycles. The zero-order valence-corrected chi connectivity index (χ0v) is 14.4. The predicted octanol–water partition coefficient (Wildman–Crippen LogP) is -0.246. The molecule has 1 atom stereocenters. The largest absolute Gasteiger partial charge is 0.333 e. The van der Waals surface area contributed by atoms with Crippen molar-refractivity contribution in [2.45, 2.75) is 19.0 Å². The van der Waals surface area contributed by atoms with Gasteiger partial charge in [-0.15, -0.1) is 0 Å². The van der Waals surface area contributed by atoms with Crippen molar-refractivity contribution in [3.05, 3.63) is 35.9 Å². The molecule has 0 bridgehead atoms. The van der Waals surface area contributed by atoms with Crippen LogP contribution in [0.25, 0.3) is 0 Å². The molecular formula is C16H19N3O5S. The molecule has 0 spiro atoms. The van der Waals surface area contributed by atoms with E-state index in [1.807, 2.05) is 30.3 Å². The summed E-state index contributed by atoms with van der Waals surface area (Å²) in [6, 6.07) is 8.16. The molecular weight excluding hydrogens is 346 g/mol. The molecule has 2 aliphatic heterocycles. The average Bonchev–Trinajstić information content (AvgIpc) is 3.09. The van der Waals surface area contributed by atoms with E-state index < -0.39 is 33.7 Å². The number of rotatable bonds is 5. The Morgan fingerprint density at radius 2 is 1.96 bits per heavy atom. The van der Waals surface area contributed by atoms with E-state index in [2.05, 4.69) is 5.32 Å². The van der Waals surface area contributed by atoms with Gasteiger partial charge in [0.1, 0.15) is 6.54 Å². The van der Waals surface area contributed by atoms with Gasteiger partial charge in [-0.2, -0.15) is 0 Å². The Hall–Kier alpha value is -2.42. The fourth-order valence-corrected chi connectivity index (χ4v) is 4.79. The SMILES string of the molecule is O=C1CNC(=O)N1CC(=O)N(Cc1ccccc1)C1CCS(=O)(=O)C1. The molecule has 9 heteroatoms.